The Bertz CT molecular complexity index is 1560. The van der Waals surface area contributed by atoms with Crippen molar-refractivity contribution in [3.05, 3.63) is 84.3 Å². The fraction of sp³-hybridized carbons (Fsp3) is 0.130. The van der Waals surface area contributed by atoms with E-state index in [1.165, 1.54) is 18.4 Å². The Morgan fingerprint density at radius 2 is 1.81 bits per heavy atom. The molecule has 0 atom stereocenters. The van der Waals surface area contributed by atoms with Crippen molar-refractivity contribution < 1.29 is 8.42 Å². The highest BCUT2D eigenvalue weighted by Gasteiger charge is 2.18. The van der Waals surface area contributed by atoms with Crippen molar-refractivity contribution in [3.63, 3.8) is 0 Å². The molecule has 0 aliphatic carbocycles. The van der Waals surface area contributed by atoms with Crippen LogP contribution in [-0.2, 0) is 16.4 Å². The molecule has 0 radical (unpaired) electrons. The zero-order valence-corrected chi connectivity index (χ0v) is 18.4. The Labute approximate surface area is 185 Å². The quantitative estimate of drug-likeness (QED) is 0.413. The van der Waals surface area contributed by atoms with E-state index in [2.05, 4.69) is 21.2 Å². The van der Waals surface area contributed by atoms with Crippen LogP contribution < -0.4 is 0 Å². The van der Waals surface area contributed by atoms with Gasteiger partial charge in [0.25, 0.3) is 0 Å². The van der Waals surface area contributed by atoms with E-state index in [1.54, 1.807) is 28.9 Å². The lowest BCUT2D eigenvalue weighted by molar-refractivity contribution is 0.521. The Kier molecular flexibility index (Phi) is 4.91. The number of hydrogen-bond donors (Lipinski definition) is 0. The predicted molar refractivity (Wildman–Crippen MR) is 122 cm³/mol. The SMILES string of the molecule is CN(C)S(=O)(=O)c1cccc(-c2ccc3nnc(Cc4ccc5ncccc5c4)n3n2)c1. The van der Waals surface area contributed by atoms with Crippen LogP contribution in [0.5, 0.6) is 0 Å². The number of fused-ring (bicyclic) bond motifs is 2. The molecule has 5 rings (SSSR count). The number of pyridine rings is 1. The van der Waals surface area contributed by atoms with Crippen LogP contribution in [0.25, 0.3) is 27.8 Å². The minimum Gasteiger partial charge on any atom is -0.256 e. The highest BCUT2D eigenvalue weighted by atomic mass is 32.2. The summed E-state index contributed by atoms with van der Waals surface area (Å²) < 4.78 is 27.9. The third kappa shape index (κ3) is 3.61. The summed E-state index contributed by atoms with van der Waals surface area (Å²) in [5, 5.41) is 14.3. The number of rotatable bonds is 5. The minimum absolute atomic E-state index is 0.218. The molecule has 8 nitrogen and oxygen atoms in total. The van der Waals surface area contributed by atoms with E-state index >= 15 is 0 Å². The Balaban J connectivity index is 1.53. The molecule has 0 aliphatic rings. The molecule has 0 unspecified atom stereocenters. The van der Waals surface area contributed by atoms with Gasteiger partial charge in [0.15, 0.2) is 11.5 Å². The van der Waals surface area contributed by atoms with Crippen molar-refractivity contribution >= 4 is 26.6 Å². The first-order valence-electron chi connectivity index (χ1n) is 10.00. The lowest BCUT2D eigenvalue weighted by atomic mass is 10.1. The topological polar surface area (TPSA) is 93.4 Å². The molecule has 160 valence electrons. The van der Waals surface area contributed by atoms with Gasteiger partial charge in [-0.3, -0.25) is 4.98 Å². The van der Waals surface area contributed by atoms with Gasteiger partial charge < -0.3 is 0 Å². The molecule has 0 amide bonds. The first-order valence-corrected chi connectivity index (χ1v) is 11.4. The molecule has 32 heavy (non-hydrogen) atoms. The van der Waals surface area contributed by atoms with Crippen LogP contribution in [0.2, 0.25) is 0 Å². The second-order valence-electron chi connectivity index (χ2n) is 7.63. The van der Waals surface area contributed by atoms with Crippen molar-refractivity contribution in [2.75, 3.05) is 14.1 Å². The summed E-state index contributed by atoms with van der Waals surface area (Å²) in [5.74, 6) is 0.696. The Morgan fingerprint density at radius 1 is 0.938 bits per heavy atom. The predicted octanol–water partition coefficient (Wildman–Crippen LogP) is 3.18. The zero-order chi connectivity index (χ0) is 22.3. The zero-order valence-electron chi connectivity index (χ0n) is 17.5. The molecular weight excluding hydrogens is 424 g/mol. The number of nitrogens with zero attached hydrogens (tertiary/aromatic N) is 6. The van der Waals surface area contributed by atoms with Gasteiger partial charge in [0.2, 0.25) is 10.0 Å². The van der Waals surface area contributed by atoms with Crippen LogP contribution in [0.15, 0.2) is 77.8 Å². The van der Waals surface area contributed by atoms with Gasteiger partial charge in [0.1, 0.15) is 0 Å². The smallest absolute Gasteiger partial charge is 0.242 e. The van der Waals surface area contributed by atoms with Crippen LogP contribution in [0.4, 0.5) is 0 Å². The van der Waals surface area contributed by atoms with E-state index in [9.17, 15) is 8.42 Å². The average Bonchev–Trinajstić information content (AvgIpc) is 3.21. The first kappa shape index (κ1) is 20.2. The van der Waals surface area contributed by atoms with Crippen LogP contribution in [0, 0.1) is 0 Å². The summed E-state index contributed by atoms with van der Waals surface area (Å²) in [6.07, 6.45) is 2.33. The van der Waals surface area contributed by atoms with Crippen LogP contribution in [0.3, 0.4) is 0 Å². The maximum absolute atomic E-state index is 12.5. The van der Waals surface area contributed by atoms with Gasteiger partial charge >= 0.3 is 0 Å². The van der Waals surface area contributed by atoms with E-state index < -0.39 is 10.0 Å². The van der Waals surface area contributed by atoms with Crippen molar-refractivity contribution in [2.24, 2.45) is 0 Å². The number of sulfonamides is 1. The van der Waals surface area contributed by atoms with Crippen molar-refractivity contribution in [1.82, 2.24) is 29.1 Å². The molecule has 2 aromatic carbocycles. The highest BCUT2D eigenvalue weighted by Crippen LogP contribution is 2.23. The number of benzene rings is 2. The molecule has 0 saturated carbocycles. The highest BCUT2D eigenvalue weighted by molar-refractivity contribution is 7.89. The van der Waals surface area contributed by atoms with Gasteiger partial charge in [-0.25, -0.2) is 12.7 Å². The van der Waals surface area contributed by atoms with E-state index in [1.807, 2.05) is 42.5 Å². The molecular formula is C23H20N6O2S. The van der Waals surface area contributed by atoms with E-state index in [-0.39, 0.29) is 4.90 Å². The molecule has 9 heteroatoms. The maximum Gasteiger partial charge on any atom is 0.242 e. The fourth-order valence-electron chi connectivity index (χ4n) is 3.54. The molecule has 3 aromatic heterocycles. The fourth-order valence-corrected chi connectivity index (χ4v) is 4.49. The summed E-state index contributed by atoms with van der Waals surface area (Å²) in [4.78, 5) is 4.58. The summed E-state index contributed by atoms with van der Waals surface area (Å²) in [6.45, 7) is 0. The molecule has 0 N–H and O–H groups in total. The second kappa shape index (κ2) is 7.77. The third-order valence-corrected chi connectivity index (χ3v) is 7.08. The van der Waals surface area contributed by atoms with Crippen molar-refractivity contribution in [3.8, 4) is 11.3 Å². The van der Waals surface area contributed by atoms with Gasteiger partial charge in [-0.15, -0.1) is 10.2 Å². The third-order valence-electron chi connectivity index (χ3n) is 5.27. The molecule has 5 aromatic rings. The summed E-state index contributed by atoms with van der Waals surface area (Å²) in [6, 6.07) is 20.4. The van der Waals surface area contributed by atoms with Gasteiger partial charge in [-0.2, -0.15) is 9.61 Å². The Morgan fingerprint density at radius 3 is 2.66 bits per heavy atom. The average molecular weight is 445 g/mol. The molecule has 0 spiro atoms. The summed E-state index contributed by atoms with van der Waals surface area (Å²) >= 11 is 0. The molecule has 0 aliphatic heterocycles. The minimum atomic E-state index is -3.54. The van der Waals surface area contributed by atoms with E-state index in [0.29, 0.717) is 29.1 Å². The van der Waals surface area contributed by atoms with Crippen molar-refractivity contribution in [2.45, 2.75) is 11.3 Å². The van der Waals surface area contributed by atoms with Crippen LogP contribution >= 0.6 is 0 Å². The molecule has 0 bridgehead atoms. The lowest BCUT2D eigenvalue weighted by Crippen LogP contribution is -2.22. The van der Waals surface area contributed by atoms with Gasteiger partial charge in [0.05, 0.1) is 16.1 Å². The second-order valence-corrected chi connectivity index (χ2v) is 9.78. The molecule has 0 saturated heterocycles. The number of hydrogen-bond acceptors (Lipinski definition) is 6. The van der Waals surface area contributed by atoms with E-state index in [0.717, 1.165) is 16.5 Å². The monoisotopic (exact) mass is 444 g/mol. The summed E-state index contributed by atoms with van der Waals surface area (Å²) in [7, 11) is -0.512. The van der Waals surface area contributed by atoms with Crippen LogP contribution in [-0.4, -0.2) is 51.6 Å². The molecule has 3 heterocycles. The number of aromatic nitrogens is 5. The van der Waals surface area contributed by atoms with E-state index in [4.69, 9.17) is 5.10 Å². The van der Waals surface area contributed by atoms with Crippen LogP contribution in [0.1, 0.15) is 11.4 Å². The van der Waals surface area contributed by atoms with Gasteiger partial charge in [-0.05, 0) is 48.0 Å². The lowest BCUT2D eigenvalue weighted by Gasteiger charge is -2.12. The standard InChI is InChI=1S/C23H20N6O2S/c1-28(2)32(30,31)19-7-3-5-18(15-19)21-10-11-22-25-26-23(29(22)27-21)14-16-8-9-20-17(13-16)6-4-12-24-20/h3-13,15H,14H2,1-2H3. The summed E-state index contributed by atoms with van der Waals surface area (Å²) in [5.41, 5.74) is 3.98. The first-order chi connectivity index (χ1) is 15.4. The largest absolute Gasteiger partial charge is 0.256 e. The maximum atomic E-state index is 12.5. The van der Waals surface area contributed by atoms with Gasteiger partial charge in [-0.1, -0.05) is 24.3 Å². The molecule has 0 fully saturated rings. The van der Waals surface area contributed by atoms with Crippen molar-refractivity contribution in [1.29, 1.82) is 0 Å². The van der Waals surface area contributed by atoms with Gasteiger partial charge in [0, 0.05) is 37.7 Å². The normalized spacial score (nSPS) is 12.1. The Hall–Kier alpha value is -3.69.